The first kappa shape index (κ1) is 18.5. The first-order valence-electron chi connectivity index (χ1n) is 9.03. The van der Waals surface area contributed by atoms with E-state index in [1.807, 2.05) is 42.5 Å². The molecule has 3 aromatic rings. The van der Waals surface area contributed by atoms with Gasteiger partial charge in [-0.05, 0) is 42.8 Å². The Morgan fingerprint density at radius 3 is 2.56 bits per heavy atom. The average molecular weight is 361 g/mol. The van der Waals surface area contributed by atoms with Gasteiger partial charge in [0.1, 0.15) is 5.75 Å². The minimum absolute atomic E-state index is 0.127. The molecule has 0 aromatic heterocycles. The number of carbonyl (C=O) groups is 1. The van der Waals surface area contributed by atoms with Crippen LogP contribution in [0.5, 0.6) is 5.75 Å². The number of benzene rings is 3. The van der Waals surface area contributed by atoms with Crippen molar-refractivity contribution >= 4 is 28.6 Å². The topological polar surface area (TPSA) is 64.9 Å². The van der Waals surface area contributed by atoms with E-state index in [9.17, 15) is 9.90 Å². The van der Waals surface area contributed by atoms with E-state index in [1.165, 1.54) is 6.21 Å². The molecule has 5 nitrogen and oxygen atoms in total. The van der Waals surface area contributed by atoms with Crippen molar-refractivity contribution in [2.75, 3.05) is 18.0 Å². The highest BCUT2D eigenvalue weighted by Gasteiger charge is 2.09. The zero-order valence-electron chi connectivity index (χ0n) is 15.5. The van der Waals surface area contributed by atoms with Gasteiger partial charge < -0.3 is 10.0 Å². The first-order chi connectivity index (χ1) is 13.1. The van der Waals surface area contributed by atoms with Gasteiger partial charge in [-0.1, -0.05) is 36.4 Å². The second-order valence-electron chi connectivity index (χ2n) is 6.14. The van der Waals surface area contributed by atoms with Gasteiger partial charge in [0.25, 0.3) is 5.91 Å². The summed E-state index contributed by atoms with van der Waals surface area (Å²) < 4.78 is 0. The Morgan fingerprint density at radius 2 is 1.81 bits per heavy atom. The highest BCUT2D eigenvalue weighted by molar-refractivity contribution is 6.07. The number of carbonyl (C=O) groups excluding carboxylic acids is 1. The van der Waals surface area contributed by atoms with E-state index in [2.05, 4.69) is 29.3 Å². The molecule has 1 amide bonds. The largest absolute Gasteiger partial charge is 0.507 e. The Bertz CT molecular complexity index is 973. The molecule has 0 spiro atoms. The van der Waals surface area contributed by atoms with Crippen LogP contribution in [0.3, 0.4) is 0 Å². The summed E-state index contributed by atoms with van der Waals surface area (Å²) in [4.78, 5) is 14.6. The summed E-state index contributed by atoms with van der Waals surface area (Å²) in [6.45, 7) is 5.87. The van der Waals surface area contributed by atoms with Crippen LogP contribution in [0.4, 0.5) is 5.69 Å². The standard InChI is InChI=1S/C22H23N3O2/c1-3-25(4-2)18-13-12-17(21(26)14-18)15-23-24-22(27)20-11-7-9-16-8-5-6-10-19(16)20/h5-15,26H,3-4H2,1-2H3,(H,24,27). The van der Waals surface area contributed by atoms with Crippen LogP contribution in [-0.4, -0.2) is 30.3 Å². The van der Waals surface area contributed by atoms with Gasteiger partial charge in [0, 0.05) is 36.0 Å². The van der Waals surface area contributed by atoms with Gasteiger partial charge in [0.05, 0.1) is 6.21 Å². The van der Waals surface area contributed by atoms with Crippen molar-refractivity contribution in [1.82, 2.24) is 5.43 Å². The maximum atomic E-state index is 12.5. The molecule has 0 aliphatic heterocycles. The number of amides is 1. The lowest BCUT2D eigenvalue weighted by atomic mass is 10.0. The molecule has 0 aliphatic carbocycles. The zero-order chi connectivity index (χ0) is 19.2. The number of phenols is 1. The van der Waals surface area contributed by atoms with Crippen molar-refractivity contribution in [1.29, 1.82) is 0 Å². The molecule has 5 heteroatoms. The van der Waals surface area contributed by atoms with Gasteiger partial charge in [0.2, 0.25) is 0 Å². The number of anilines is 1. The molecule has 0 heterocycles. The van der Waals surface area contributed by atoms with Crippen molar-refractivity contribution in [2.45, 2.75) is 13.8 Å². The Morgan fingerprint density at radius 1 is 1.07 bits per heavy atom. The fourth-order valence-electron chi connectivity index (χ4n) is 3.07. The third-order valence-corrected chi connectivity index (χ3v) is 4.55. The number of nitrogens with zero attached hydrogens (tertiary/aromatic N) is 2. The smallest absolute Gasteiger partial charge is 0.271 e. The summed E-state index contributed by atoms with van der Waals surface area (Å²) in [5.74, 6) is -0.162. The number of fused-ring (bicyclic) bond motifs is 1. The highest BCUT2D eigenvalue weighted by atomic mass is 16.3. The van der Waals surface area contributed by atoms with Gasteiger partial charge in [-0.25, -0.2) is 5.43 Å². The molecular formula is C22H23N3O2. The van der Waals surface area contributed by atoms with E-state index >= 15 is 0 Å². The number of hydrogen-bond acceptors (Lipinski definition) is 4. The van der Waals surface area contributed by atoms with Crippen LogP contribution in [0.2, 0.25) is 0 Å². The number of rotatable bonds is 6. The first-order valence-corrected chi connectivity index (χ1v) is 9.03. The Kier molecular flexibility index (Phi) is 5.71. The lowest BCUT2D eigenvalue weighted by Gasteiger charge is -2.21. The fraction of sp³-hybridized carbons (Fsp3) is 0.182. The van der Waals surface area contributed by atoms with E-state index in [0.29, 0.717) is 11.1 Å². The van der Waals surface area contributed by atoms with Gasteiger partial charge in [-0.15, -0.1) is 0 Å². The lowest BCUT2D eigenvalue weighted by Crippen LogP contribution is -2.21. The minimum atomic E-state index is -0.290. The molecule has 0 atom stereocenters. The Hall–Kier alpha value is -3.34. The molecule has 0 fully saturated rings. The normalized spacial score (nSPS) is 11.0. The van der Waals surface area contributed by atoms with E-state index < -0.39 is 0 Å². The summed E-state index contributed by atoms with van der Waals surface area (Å²) in [6.07, 6.45) is 1.45. The van der Waals surface area contributed by atoms with Crippen molar-refractivity contribution in [2.24, 2.45) is 5.10 Å². The minimum Gasteiger partial charge on any atom is -0.507 e. The maximum absolute atomic E-state index is 12.5. The molecule has 2 N–H and O–H groups in total. The number of hydrazone groups is 1. The van der Waals surface area contributed by atoms with Gasteiger partial charge in [-0.2, -0.15) is 5.10 Å². The van der Waals surface area contributed by atoms with E-state index in [4.69, 9.17) is 0 Å². The van der Waals surface area contributed by atoms with E-state index in [1.54, 1.807) is 18.2 Å². The molecular weight excluding hydrogens is 338 g/mol. The molecule has 3 rings (SSSR count). The Balaban J connectivity index is 1.74. The van der Waals surface area contributed by atoms with Crippen LogP contribution in [0.15, 0.2) is 65.8 Å². The van der Waals surface area contributed by atoms with Crippen molar-refractivity contribution in [3.05, 3.63) is 71.8 Å². The molecule has 138 valence electrons. The number of phenolic OH excluding ortho intramolecular Hbond substituents is 1. The summed E-state index contributed by atoms with van der Waals surface area (Å²) in [5.41, 5.74) is 4.60. The van der Waals surface area contributed by atoms with Crippen LogP contribution in [-0.2, 0) is 0 Å². The third kappa shape index (κ3) is 4.08. The van der Waals surface area contributed by atoms with Crippen molar-refractivity contribution < 1.29 is 9.90 Å². The summed E-state index contributed by atoms with van der Waals surface area (Å²) in [5, 5.41) is 16.1. The van der Waals surface area contributed by atoms with Gasteiger partial charge in [0.15, 0.2) is 0 Å². The number of hydrogen-bond donors (Lipinski definition) is 2. The number of nitrogens with one attached hydrogen (secondary N) is 1. The van der Waals surface area contributed by atoms with Gasteiger partial charge in [-0.3, -0.25) is 4.79 Å². The van der Waals surface area contributed by atoms with Crippen LogP contribution in [0, 0.1) is 0 Å². The Labute approximate surface area is 158 Å². The molecule has 0 unspecified atom stereocenters. The lowest BCUT2D eigenvalue weighted by molar-refractivity contribution is 0.0957. The fourth-order valence-corrected chi connectivity index (χ4v) is 3.07. The maximum Gasteiger partial charge on any atom is 0.271 e. The predicted octanol–water partition coefficient (Wildman–Crippen LogP) is 4.16. The average Bonchev–Trinajstić information content (AvgIpc) is 2.70. The second kappa shape index (κ2) is 8.36. The van der Waals surface area contributed by atoms with Crippen LogP contribution >= 0.6 is 0 Å². The molecule has 0 bridgehead atoms. The monoisotopic (exact) mass is 361 g/mol. The zero-order valence-corrected chi connectivity index (χ0v) is 15.5. The molecule has 3 aromatic carbocycles. The number of aromatic hydroxyl groups is 1. The summed E-state index contributed by atoms with van der Waals surface area (Å²) >= 11 is 0. The van der Waals surface area contributed by atoms with Crippen LogP contribution in [0.1, 0.15) is 29.8 Å². The van der Waals surface area contributed by atoms with E-state index in [0.717, 1.165) is 29.5 Å². The summed E-state index contributed by atoms with van der Waals surface area (Å²) in [7, 11) is 0. The molecule has 27 heavy (non-hydrogen) atoms. The highest BCUT2D eigenvalue weighted by Crippen LogP contribution is 2.23. The predicted molar refractivity (Wildman–Crippen MR) is 111 cm³/mol. The molecule has 0 saturated carbocycles. The van der Waals surface area contributed by atoms with Crippen LogP contribution < -0.4 is 10.3 Å². The molecule has 0 aliphatic rings. The van der Waals surface area contributed by atoms with Gasteiger partial charge >= 0.3 is 0 Å². The van der Waals surface area contributed by atoms with Crippen molar-refractivity contribution in [3.63, 3.8) is 0 Å². The molecule has 0 saturated heterocycles. The second-order valence-corrected chi connectivity index (χ2v) is 6.14. The summed E-state index contributed by atoms with van der Waals surface area (Å²) in [6, 6.07) is 18.7. The molecule has 0 radical (unpaired) electrons. The third-order valence-electron chi connectivity index (χ3n) is 4.55. The van der Waals surface area contributed by atoms with E-state index in [-0.39, 0.29) is 11.7 Å². The quantitative estimate of drug-likeness (QED) is 0.512. The SMILES string of the molecule is CCN(CC)c1ccc(C=NNC(=O)c2cccc3ccccc23)c(O)c1. The van der Waals surface area contributed by atoms with Crippen LogP contribution in [0.25, 0.3) is 10.8 Å². The van der Waals surface area contributed by atoms with Crippen molar-refractivity contribution in [3.8, 4) is 5.75 Å².